The Labute approximate surface area is 193 Å². The summed E-state index contributed by atoms with van der Waals surface area (Å²) in [6, 6.07) is 17.3. The van der Waals surface area contributed by atoms with E-state index in [0.717, 1.165) is 38.9 Å². The summed E-state index contributed by atoms with van der Waals surface area (Å²) in [5, 5.41) is 28.0. The molecule has 0 atom stereocenters. The van der Waals surface area contributed by atoms with Crippen LogP contribution in [0.15, 0.2) is 65.6 Å². The van der Waals surface area contributed by atoms with Gasteiger partial charge >= 0.3 is 5.97 Å². The van der Waals surface area contributed by atoms with E-state index in [1.165, 1.54) is 12.3 Å². The van der Waals surface area contributed by atoms with Crippen LogP contribution in [0, 0.1) is 0 Å². The molecule has 0 fully saturated rings. The number of hydrogen-bond donors (Lipinski definition) is 2. The SMILES string of the molecule is CCCc1cc(=O)n2ncc(C(=O)O)c2n1Cc1ccc(-c2ccccc2-c2nn[nH]n2)cc1. The lowest BCUT2D eigenvalue weighted by molar-refractivity contribution is 0.0698. The molecule has 0 bridgehead atoms. The second kappa shape index (κ2) is 8.74. The van der Waals surface area contributed by atoms with Crippen LogP contribution in [0.25, 0.3) is 28.2 Å². The number of carboxylic acid groups (broad SMARTS) is 1. The monoisotopic (exact) mass is 455 g/mol. The molecular weight excluding hydrogens is 434 g/mol. The Hall–Kier alpha value is -4.60. The maximum Gasteiger partial charge on any atom is 0.341 e. The van der Waals surface area contributed by atoms with Gasteiger partial charge in [0.25, 0.3) is 5.56 Å². The Morgan fingerprint density at radius 1 is 1.09 bits per heavy atom. The number of tetrazole rings is 1. The van der Waals surface area contributed by atoms with Gasteiger partial charge in [-0.3, -0.25) is 4.79 Å². The lowest BCUT2D eigenvalue weighted by atomic mass is 9.98. The van der Waals surface area contributed by atoms with Gasteiger partial charge in [-0.25, -0.2) is 4.79 Å². The largest absolute Gasteiger partial charge is 0.477 e. The molecule has 0 radical (unpaired) electrons. The van der Waals surface area contributed by atoms with Crippen LogP contribution in [0.3, 0.4) is 0 Å². The van der Waals surface area contributed by atoms with Crippen molar-refractivity contribution < 1.29 is 9.90 Å². The van der Waals surface area contributed by atoms with Gasteiger partial charge in [-0.05, 0) is 28.3 Å². The van der Waals surface area contributed by atoms with E-state index >= 15 is 0 Å². The molecule has 170 valence electrons. The minimum Gasteiger partial charge on any atom is -0.477 e. The number of nitrogens with one attached hydrogen (secondary N) is 1. The normalized spacial score (nSPS) is 11.2. The van der Waals surface area contributed by atoms with Crippen molar-refractivity contribution in [2.75, 3.05) is 0 Å². The molecule has 0 saturated carbocycles. The zero-order valence-electron chi connectivity index (χ0n) is 18.3. The molecule has 3 heterocycles. The van der Waals surface area contributed by atoms with Gasteiger partial charge in [0.1, 0.15) is 5.56 Å². The van der Waals surface area contributed by atoms with Crippen molar-refractivity contribution in [1.29, 1.82) is 0 Å². The summed E-state index contributed by atoms with van der Waals surface area (Å²) in [6.45, 7) is 2.42. The summed E-state index contributed by atoms with van der Waals surface area (Å²) in [5.74, 6) is -0.605. The quantitative estimate of drug-likeness (QED) is 0.386. The third kappa shape index (κ3) is 3.75. The van der Waals surface area contributed by atoms with E-state index in [9.17, 15) is 14.7 Å². The molecule has 10 nitrogen and oxygen atoms in total. The van der Waals surface area contributed by atoms with Crippen LogP contribution >= 0.6 is 0 Å². The number of aryl methyl sites for hydroxylation is 1. The van der Waals surface area contributed by atoms with Crippen molar-refractivity contribution >= 4 is 11.6 Å². The van der Waals surface area contributed by atoms with Crippen LogP contribution in [0.1, 0.15) is 35.0 Å². The Bertz CT molecular complexity index is 1530. The highest BCUT2D eigenvalue weighted by atomic mass is 16.4. The van der Waals surface area contributed by atoms with E-state index in [1.807, 2.05) is 60.0 Å². The third-order valence-electron chi connectivity index (χ3n) is 5.70. The highest BCUT2D eigenvalue weighted by Gasteiger charge is 2.19. The minimum atomic E-state index is -1.12. The number of nitrogens with zero attached hydrogens (tertiary/aromatic N) is 6. The Morgan fingerprint density at radius 3 is 2.53 bits per heavy atom. The van der Waals surface area contributed by atoms with Crippen LogP contribution < -0.4 is 5.56 Å². The zero-order valence-corrected chi connectivity index (χ0v) is 18.3. The number of aromatic carboxylic acids is 1. The molecule has 34 heavy (non-hydrogen) atoms. The summed E-state index contributed by atoms with van der Waals surface area (Å²) >= 11 is 0. The summed E-state index contributed by atoms with van der Waals surface area (Å²) in [7, 11) is 0. The number of H-pyrrole nitrogens is 1. The molecule has 0 unspecified atom stereocenters. The van der Waals surface area contributed by atoms with Crippen LogP contribution in [-0.2, 0) is 13.0 Å². The fraction of sp³-hybridized carbons (Fsp3) is 0.167. The zero-order chi connectivity index (χ0) is 23.7. The molecule has 2 N–H and O–H groups in total. The summed E-state index contributed by atoms with van der Waals surface area (Å²) in [5.41, 5.74) is 4.50. The first-order chi connectivity index (χ1) is 16.6. The average Bonchev–Trinajstić information content (AvgIpc) is 3.53. The lowest BCUT2D eigenvalue weighted by Crippen LogP contribution is -2.22. The molecule has 0 saturated heterocycles. The molecule has 2 aromatic carbocycles. The lowest BCUT2D eigenvalue weighted by Gasteiger charge is -2.16. The van der Waals surface area contributed by atoms with Crippen LogP contribution in [-0.4, -0.2) is 45.9 Å². The number of fused-ring (bicyclic) bond motifs is 1. The third-order valence-corrected chi connectivity index (χ3v) is 5.70. The van der Waals surface area contributed by atoms with E-state index in [0.29, 0.717) is 18.8 Å². The molecule has 0 aliphatic heterocycles. The average molecular weight is 455 g/mol. The summed E-state index contributed by atoms with van der Waals surface area (Å²) in [4.78, 5) is 24.3. The first-order valence-electron chi connectivity index (χ1n) is 10.8. The number of carboxylic acids is 1. The van der Waals surface area contributed by atoms with Crippen molar-refractivity contribution in [2.45, 2.75) is 26.3 Å². The first kappa shape index (κ1) is 21.3. The first-order valence-corrected chi connectivity index (χ1v) is 10.8. The van der Waals surface area contributed by atoms with E-state index in [1.54, 1.807) is 0 Å². The number of hydrogen-bond acceptors (Lipinski definition) is 6. The summed E-state index contributed by atoms with van der Waals surface area (Å²) < 4.78 is 3.02. The number of aromatic nitrogens is 7. The van der Waals surface area contributed by atoms with Gasteiger partial charge in [0.05, 0.1) is 6.20 Å². The van der Waals surface area contributed by atoms with Gasteiger partial charge in [-0.15, -0.1) is 10.2 Å². The van der Waals surface area contributed by atoms with Crippen molar-refractivity contribution in [2.24, 2.45) is 0 Å². The standard InChI is InChI=1S/C24H21N7O3/c1-2-5-17-12-21(32)31-23(20(13-25-31)24(33)34)30(17)14-15-8-10-16(11-9-15)18-6-3-4-7-19(18)22-26-28-29-27-22/h3-4,6-13H,2,5,14H2,1H3,(H,33,34)(H,26,27,28,29). The Kier molecular flexibility index (Phi) is 5.46. The van der Waals surface area contributed by atoms with E-state index in [4.69, 9.17) is 0 Å². The maximum absolute atomic E-state index is 12.5. The van der Waals surface area contributed by atoms with Crippen molar-refractivity contribution in [1.82, 2.24) is 34.8 Å². The fourth-order valence-electron chi connectivity index (χ4n) is 4.15. The van der Waals surface area contributed by atoms with E-state index in [2.05, 4.69) is 25.7 Å². The van der Waals surface area contributed by atoms with Crippen molar-refractivity contribution in [3.05, 3.63) is 88.0 Å². The maximum atomic E-state index is 12.5. The minimum absolute atomic E-state index is 0.000660. The summed E-state index contributed by atoms with van der Waals surface area (Å²) in [6.07, 6.45) is 2.69. The predicted octanol–water partition coefficient (Wildman–Crippen LogP) is 3.04. The van der Waals surface area contributed by atoms with Gasteiger partial charge in [0.15, 0.2) is 5.65 Å². The van der Waals surface area contributed by atoms with Gasteiger partial charge in [-0.2, -0.15) is 14.8 Å². The molecule has 5 rings (SSSR count). The Balaban J connectivity index is 1.56. The molecule has 0 spiro atoms. The van der Waals surface area contributed by atoms with Crippen LogP contribution in [0.2, 0.25) is 0 Å². The molecular formula is C24H21N7O3. The smallest absolute Gasteiger partial charge is 0.341 e. The van der Waals surface area contributed by atoms with Crippen LogP contribution in [0.4, 0.5) is 0 Å². The Morgan fingerprint density at radius 2 is 1.85 bits per heavy atom. The number of carbonyl (C=O) groups is 1. The van der Waals surface area contributed by atoms with E-state index in [-0.39, 0.29) is 16.8 Å². The molecule has 3 aromatic heterocycles. The predicted molar refractivity (Wildman–Crippen MR) is 125 cm³/mol. The van der Waals surface area contributed by atoms with Crippen molar-refractivity contribution in [3.8, 4) is 22.5 Å². The molecule has 0 aliphatic rings. The number of aromatic amines is 1. The second-order valence-electron chi connectivity index (χ2n) is 7.89. The van der Waals surface area contributed by atoms with Gasteiger partial charge in [0, 0.05) is 23.9 Å². The second-order valence-corrected chi connectivity index (χ2v) is 7.89. The number of rotatable bonds is 7. The molecule has 5 aromatic rings. The highest BCUT2D eigenvalue weighted by molar-refractivity contribution is 5.94. The van der Waals surface area contributed by atoms with Crippen molar-refractivity contribution in [3.63, 3.8) is 0 Å². The number of benzene rings is 2. The molecule has 0 amide bonds. The highest BCUT2D eigenvalue weighted by Crippen LogP contribution is 2.30. The molecule has 0 aliphatic carbocycles. The fourth-order valence-corrected chi connectivity index (χ4v) is 4.15. The van der Waals surface area contributed by atoms with Crippen LogP contribution in [0.5, 0.6) is 0 Å². The van der Waals surface area contributed by atoms with E-state index < -0.39 is 5.97 Å². The molecule has 10 heteroatoms. The van der Waals surface area contributed by atoms with Gasteiger partial charge in [-0.1, -0.05) is 61.9 Å². The van der Waals surface area contributed by atoms with Gasteiger partial charge < -0.3 is 9.67 Å². The van der Waals surface area contributed by atoms with Gasteiger partial charge in [0.2, 0.25) is 5.82 Å². The topological polar surface area (TPSA) is 131 Å².